The second kappa shape index (κ2) is 6.35. The van der Waals surface area contributed by atoms with Crippen LogP contribution in [-0.2, 0) is 6.54 Å². The van der Waals surface area contributed by atoms with E-state index in [0.717, 1.165) is 10.6 Å². The van der Waals surface area contributed by atoms with E-state index >= 15 is 0 Å². The first-order valence-corrected chi connectivity index (χ1v) is 6.45. The standard InChI is InChI=1S/C11H17F3N2S/c1-8(4-3-5-11(12,13)14)15-6-10-9(2)16-7-17-10/h7-8,15H,3-6H2,1-2H3. The van der Waals surface area contributed by atoms with Crippen LogP contribution in [0.15, 0.2) is 5.51 Å². The highest BCUT2D eigenvalue weighted by atomic mass is 32.1. The molecule has 0 aliphatic carbocycles. The molecule has 0 radical (unpaired) electrons. The summed E-state index contributed by atoms with van der Waals surface area (Å²) in [6.45, 7) is 4.53. The Morgan fingerprint density at radius 2 is 2.18 bits per heavy atom. The topological polar surface area (TPSA) is 24.9 Å². The van der Waals surface area contributed by atoms with Crippen LogP contribution < -0.4 is 5.32 Å². The average molecular weight is 266 g/mol. The molecule has 0 amide bonds. The summed E-state index contributed by atoms with van der Waals surface area (Å²) in [4.78, 5) is 5.26. The zero-order valence-corrected chi connectivity index (χ0v) is 10.8. The molecule has 1 aromatic heterocycles. The third-order valence-corrected chi connectivity index (χ3v) is 3.49. The van der Waals surface area contributed by atoms with Crippen LogP contribution in [0.5, 0.6) is 0 Å². The molecule has 0 fully saturated rings. The van der Waals surface area contributed by atoms with Gasteiger partial charge in [-0.1, -0.05) is 0 Å². The molecule has 98 valence electrons. The van der Waals surface area contributed by atoms with Gasteiger partial charge in [0.1, 0.15) is 0 Å². The zero-order valence-electron chi connectivity index (χ0n) is 9.97. The summed E-state index contributed by atoms with van der Waals surface area (Å²) in [5.41, 5.74) is 2.77. The van der Waals surface area contributed by atoms with Crippen LogP contribution in [0.4, 0.5) is 13.2 Å². The fourth-order valence-corrected chi connectivity index (χ4v) is 2.20. The first kappa shape index (κ1) is 14.4. The molecule has 0 aliphatic rings. The van der Waals surface area contributed by atoms with E-state index in [1.54, 1.807) is 16.8 Å². The number of halogens is 3. The lowest BCUT2D eigenvalue weighted by Gasteiger charge is -2.13. The Kier molecular flexibility index (Phi) is 5.39. The van der Waals surface area contributed by atoms with Crippen LogP contribution in [-0.4, -0.2) is 17.2 Å². The molecule has 0 bridgehead atoms. The number of aryl methyl sites for hydroxylation is 1. The normalized spacial score (nSPS) is 13.9. The van der Waals surface area contributed by atoms with Crippen molar-refractivity contribution in [3.05, 3.63) is 16.1 Å². The molecule has 1 aromatic rings. The van der Waals surface area contributed by atoms with Crippen LogP contribution in [0.3, 0.4) is 0 Å². The first-order valence-electron chi connectivity index (χ1n) is 5.57. The number of aromatic nitrogens is 1. The van der Waals surface area contributed by atoms with Crippen LogP contribution in [0, 0.1) is 6.92 Å². The molecule has 1 atom stereocenters. The Hall–Kier alpha value is -0.620. The highest BCUT2D eigenvalue weighted by molar-refractivity contribution is 7.09. The summed E-state index contributed by atoms with van der Waals surface area (Å²) in [6, 6.07) is 0.0962. The molecule has 1 heterocycles. The summed E-state index contributed by atoms with van der Waals surface area (Å²) in [7, 11) is 0. The summed E-state index contributed by atoms with van der Waals surface area (Å²) < 4.78 is 35.8. The Bertz CT molecular complexity index is 336. The van der Waals surface area contributed by atoms with Crippen LogP contribution >= 0.6 is 11.3 Å². The van der Waals surface area contributed by atoms with Crippen molar-refractivity contribution in [2.45, 2.75) is 51.9 Å². The van der Waals surface area contributed by atoms with E-state index in [1.807, 2.05) is 13.8 Å². The largest absolute Gasteiger partial charge is 0.389 e. The molecule has 6 heteroatoms. The van der Waals surface area contributed by atoms with Crippen LogP contribution in [0.2, 0.25) is 0 Å². The summed E-state index contributed by atoms with van der Waals surface area (Å²) >= 11 is 1.57. The van der Waals surface area contributed by atoms with Crippen molar-refractivity contribution < 1.29 is 13.2 Å². The van der Waals surface area contributed by atoms with Crippen molar-refractivity contribution in [2.24, 2.45) is 0 Å². The lowest BCUT2D eigenvalue weighted by Crippen LogP contribution is -2.25. The molecule has 0 saturated carbocycles. The average Bonchev–Trinajstić information content (AvgIpc) is 2.59. The van der Waals surface area contributed by atoms with Gasteiger partial charge >= 0.3 is 6.18 Å². The molecular weight excluding hydrogens is 249 g/mol. The molecule has 0 aliphatic heterocycles. The minimum absolute atomic E-state index is 0.0962. The van der Waals surface area contributed by atoms with E-state index in [1.165, 1.54) is 0 Å². The molecular formula is C11H17F3N2S. The number of nitrogens with one attached hydrogen (secondary N) is 1. The van der Waals surface area contributed by atoms with Gasteiger partial charge in [0.25, 0.3) is 0 Å². The summed E-state index contributed by atoms with van der Waals surface area (Å²) in [5, 5.41) is 3.22. The van der Waals surface area contributed by atoms with Gasteiger partial charge in [-0.05, 0) is 26.7 Å². The highest BCUT2D eigenvalue weighted by Gasteiger charge is 2.26. The van der Waals surface area contributed by atoms with E-state index in [9.17, 15) is 13.2 Å². The Balaban J connectivity index is 2.18. The third-order valence-electron chi connectivity index (χ3n) is 2.55. The molecule has 0 saturated heterocycles. The van der Waals surface area contributed by atoms with Gasteiger partial charge in [0, 0.05) is 23.9 Å². The van der Waals surface area contributed by atoms with Crippen molar-refractivity contribution in [2.75, 3.05) is 0 Å². The first-order chi connectivity index (χ1) is 7.88. The van der Waals surface area contributed by atoms with Crippen molar-refractivity contribution in [3.8, 4) is 0 Å². The molecule has 0 spiro atoms. The highest BCUT2D eigenvalue weighted by Crippen LogP contribution is 2.22. The van der Waals surface area contributed by atoms with Gasteiger partial charge in [0.05, 0.1) is 11.2 Å². The van der Waals surface area contributed by atoms with Gasteiger partial charge in [-0.2, -0.15) is 13.2 Å². The monoisotopic (exact) mass is 266 g/mol. The van der Waals surface area contributed by atoms with Gasteiger partial charge in [0.2, 0.25) is 0 Å². The fourth-order valence-electron chi connectivity index (χ4n) is 1.47. The second-order valence-corrected chi connectivity index (χ2v) is 5.09. The second-order valence-electron chi connectivity index (χ2n) is 4.15. The van der Waals surface area contributed by atoms with Crippen LogP contribution in [0.25, 0.3) is 0 Å². The number of rotatable bonds is 6. The Labute approximate surface area is 103 Å². The lowest BCUT2D eigenvalue weighted by atomic mass is 10.1. The number of hydrogen-bond donors (Lipinski definition) is 1. The van der Waals surface area contributed by atoms with Crippen molar-refractivity contribution in [1.29, 1.82) is 0 Å². The van der Waals surface area contributed by atoms with Gasteiger partial charge in [-0.3, -0.25) is 0 Å². The summed E-state index contributed by atoms with van der Waals surface area (Å²) in [6.07, 6.45) is -4.01. The number of alkyl halides is 3. The van der Waals surface area contributed by atoms with Crippen LogP contribution in [0.1, 0.15) is 36.8 Å². The third kappa shape index (κ3) is 6.02. The predicted molar refractivity (Wildman–Crippen MR) is 63.1 cm³/mol. The molecule has 0 aromatic carbocycles. The maximum absolute atomic E-state index is 11.9. The minimum Gasteiger partial charge on any atom is -0.309 e. The maximum Gasteiger partial charge on any atom is 0.389 e. The summed E-state index contributed by atoms with van der Waals surface area (Å²) in [5.74, 6) is 0. The molecule has 1 unspecified atom stereocenters. The van der Waals surface area contributed by atoms with Gasteiger partial charge < -0.3 is 5.32 Å². The van der Waals surface area contributed by atoms with Gasteiger partial charge in [0.15, 0.2) is 0 Å². The van der Waals surface area contributed by atoms with Crippen molar-refractivity contribution >= 4 is 11.3 Å². The molecule has 1 N–H and O–H groups in total. The predicted octanol–water partition coefficient (Wildman–Crippen LogP) is 3.66. The smallest absolute Gasteiger partial charge is 0.309 e. The number of thiazole rings is 1. The SMILES string of the molecule is Cc1ncsc1CNC(C)CCCC(F)(F)F. The molecule has 17 heavy (non-hydrogen) atoms. The van der Waals surface area contributed by atoms with E-state index < -0.39 is 12.6 Å². The number of nitrogens with zero attached hydrogens (tertiary/aromatic N) is 1. The minimum atomic E-state index is -4.03. The molecule has 1 rings (SSSR count). The van der Waals surface area contributed by atoms with E-state index in [0.29, 0.717) is 13.0 Å². The maximum atomic E-state index is 11.9. The van der Waals surface area contributed by atoms with E-state index in [2.05, 4.69) is 10.3 Å². The van der Waals surface area contributed by atoms with Crippen molar-refractivity contribution in [1.82, 2.24) is 10.3 Å². The zero-order chi connectivity index (χ0) is 12.9. The number of hydrogen-bond acceptors (Lipinski definition) is 3. The van der Waals surface area contributed by atoms with E-state index in [-0.39, 0.29) is 12.5 Å². The quantitative estimate of drug-likeness (QED) is 0.850. The fraction of sp³-hybridized carbons (Fsp3) is 0.727. The van der Waals surface area contributed by atoms with Gasteiger partial charge in [-0.25, -0.2) is 4.98 Å². The van der Waals surface area contributed by atoms with E-state index in [4.69, 9.17) is 0 Å². The lowest BCUT2D eigenvalue weighted by molar-refractivity contribution is -0.135. The van der Waals surface area contributed by atoms with Crippen molar-refractivity contribution in [3.63, 3.8) is 0 Å². The Morgan fingerprint density at radius 3 is 2.71 bits per heavy atom. The Morgan fingerprint density at radius 1 is 1.47 bits per heavy atom. The molecule has 2 nitrogen and oxygen atoms in total. The van der Waals surface area contributed by atoms with Gasteiger partial charge in [-0.15, -0.1) is 11.3 Å².